The normalized spacial score (nSPS) is 14.6. The molecule has 0 bridgehead atoms. The Morgan fingerprint density at radius 2 is 2.03 bits per heavy atom. The lowest BCUT2D eigenvalue weighted by Gasteiger charge is -2.27. The minimum absolute atomic E-state index is 0.0353. The number of aromatic nitrogens is 2. The van der Waals surface area contributed by atoms with Gasteiger partial charge < -0.3 is 20.1 Å². The Labute approximate surface area is 181 Å². The van der Waals surface area contributed by atoms with Crippen LogP contribution in [0.5, 0.6) is 5.75 Å². The topological polar surface area (TPSA) is 102 Å². The molecule has 1 atom stereocenters. The Morgan fingerprint density at radius 3 is 2.81 bits per heavy atom. The van der Waals surface area contributed by atoms with Crippen LogP contribution in [0.3, 0.4) is 0 Å². The van der Waals surface area contributed by atoms with E-state index in [4.69, 9.17) is 9.47 Å². The maximum atomic E-state index is 13.4. The summed E-state index contributed by atoms with van der Waals surface area (Å²) in [4.78, 5) is 32.9. The fourth-order valence-corrected chi connectivity index (χ4v) is 3.25. The van der Waals surface area contributed by atoms with Crippen molar-refractivity contribution in [2.45, 2.75) is 19.1 Å². The third-order valence-corrected chi connectivity index (χ3v) is 4.76. The third-order valence-electron chi connectivity index (χ3n) is 4.76. The average Bonchev–Trinajstić information content (AvgIpc) is 2.80. The number of carbonyl (C=O) groups excluding carboxylic acids is 2. The number of para-hydroxylation sites is 1. The van der Waals surface area contributed by atoms with Crippen molar-refractivity contribution >= 4 is 17.7 Å². The van der Waals surface area contributed by atoms with Crippen LogP contribution in [-0.2, 0) is 11.3 Å². The van der Waals surface area contributed by atoms with Crippen molar-refractivity contribution in [3.05, 3.63) is 83.4 Å². The molecule has 2 heterocycles. The Bertz CT molecular complexity index is 1140. The van der Waals surface area contributed by atoms with Crippen LogP contribution in [0.4, 0.5) is 19.3 Å². The van der Waals surface area contributed by atoms with E-state index in [2.05, 4.69) is 20.6 Å². The van der Waals surface area contributed by atoms with Gasteiger partial charge in [0, 0.05) is 36.1 Å². The van der Waals surface area contributed by atoms with Crippen LogP contribution >= 0.6 is 0 Å². The zero-order valence-corrected chi connectivity index (χ0v) is 16.7. The predicted octanol–water partition coefficient (Wildman–Crippen LogP) is 3.76. The predicted molar refractivity (Wildman–Crippen MR) is 109 cm³/mol. The molecule has 32 heavy (non-hydrogen) atoms. The number of hydrogen-bond donors (Lipinski definition) is 2. The van der Waals surface area contributed by atoms with E-state index in [1.807, 2.05) is 0 Å². The molecule has 2 N–H and O–H groups in total. The second-order valence-electron chi connectivity index (χ2n) is 6.91. The van der Waals surface area contributed by atoms with Crippen molar-refractivity contribution in [1.29, 1.82) is 0 Å². The molecule has 0 aliphatic carbocycles. The van der Waals surface area contributed by atoms with Crippen molar-refractivity contribution in [3.63, 3.8) is 0 Å². The largest absolute Gasteiger partial charge is 0.492 e. The lowest BCUT2D eigenvalue weighted by Crippen LogP contribution is -2.33. The molecule has 0 unspecified atom stereocenters. The summed E-state index contributed by atoms with van der Waals surface area (Å²) >= 11 is 0. The Balaban J connectivity index is 1.46. The first kappa shape index (κ1) is 21.2. The molecule has 8 nitrogen and oxygen atoms in total. The Kier molecular flexibility index (Phi) is 6.20. The van der Waals surface area contributed by atoms with Gasteiger partial charge in [-0.2, -0.15) is 0 Å². The SMILES string of the molecule is O=C(N[C@H]1CCOc2c(C(=O)Nc3ccc(F)c(F)c3)cccc21)OCc1cnccn1. The summed E-state index contributed by atoms with van der Waals surface area (Å²) < 4.78 is 37.4. The summed E-state index contributed by atoms with van der Waals surface area (Å²) in [5, 5.41) is 5.28. The van der Waals surface area contributed by atoms with Crippen molar-refractivity contribution in [3.8, 4) is 5.75 Å². The lowest BCUT2D eigenvalue weighted by atomic mass is 9.97. The molecule has 0 fully saturated rings. The maximum Gasteiger partial charge on any atom is 0.408 e. The Hall–Kier alpha value is -4.08. The highest BCUT2D eigenvalue weighted by Crippen LogP contribution is 2.35. The van der Waals surface area contributed by atoms with Crippen molar-refractivity contribution in [2.75, 3.05) is 11.9 Å². The number of nitrogens with zero attached hydrogens (tertiary/aromatic N) is 2. The van der Waals surface area contributed by atoms with Gasteiger partial charge in [0.2, 0.25) is 0 Å². The van der Waals surface area contributed by atoms with Crippen LogP contribution in [0.25, 0.3) is 0 Å². The van der Waals surface area contributed by atoms with Crippen molar-refractivity contribution in [1.82, 2.24) is 15.3 Å². The van der Waals surface area contributed by atoms with E-state index in [9.17, 15) is 18.4 Å². The highest BCUT2D eigenvalue weighted by Gasteiger charge is 2.27. The number of amides is 2. The van der Waals surface area contributed by atoms with E-state index >= 15 is 0 Å². The minimum atomic E-state index is -1.07. The summed E-state index contributed by atoms with van der Waals surface area (Å²) in [6.07, 6.45) is 4.34. The van der Waals surface area contributed by atoms with E-state index in [1.54, 1.807) is 18.2 Å². The summed E-state index contributed by atoms with van der Waals surface area (Å²) in [6.45, 7) is 0.226. The van der Waals surface area contributed by atoms with E-state index in [0.29, 0.717) is 23.4 Å². The second-order valence-corrected chi connectivity index (χ2v) is 6.91. The minimum Gasteiger partial charge on any atom is -0.492 e. The lowest BCUT2D eigenvalue weighted by molar-refractivity contribution is 0.102. The number of halogens is 2. The van der Waals surface area contributed by atoms with Gasteiger partial charge in [0.25, 0.3) is 5.91 Å². The number of fused-ring (bicyclic) bond motifs is 1. The zero-order chi connectivity index (χ0) is 22.5. The summed E-state index contributed by atoms with van der Waals surface area (Å²) in [7, 11) is 0. The molecule has 0 saturated carbocycles. The van der Waals surface area contributed by atoms with Gasteiger partial charge >= 0.3 is 6.09 Å². The fraction of sp³-hybridized carbons (Fsp3) is 0.182. The van der Waals surface area contributed by atoms with Crippen LogP contribution in [0.1, 0.15) is 34.1 Å². The van der Waals surface area contributed by atoms with Gasteiger partial charge in [0.05, 0.1) is 30.1 Å². The molecule has 10 heteroatoms. The van der Waals surface area contributed by atoms with Crippen molar-refractivity contribution in [2.24, 2.45) is 0 Å². The molecule has 164 valence electrons. The molecular weight excluding hydrogens is 422 g/mol. The molecule has 2 amide bonds. The number of alkyl carbamates (subject to hydrolysis) is 1. The molecule has 3 aromatic rings. The molecule has 0 spiro atoms. The van der Waals surface area contributed by atoms with Crippen LogP contribution in [0.2, 0.25) is 0 Å². The second kappa shape index (κ2) is 9.38. The summed E-state index contributed by atoms with van der Waals surface area (Å²) in [6, 6.07) is 7.55. The molecule has 2 aromatic carbocycles. The van der Waals surface area contributed by atoms with Crippen LogP contribution in [0, 0.1) is 11.6 Å². The fourth-order valence-electron chi connectivity index (χ4n) is 3.25. The summed E-state index contributed by atoms with van der Waals surface area (Å²) in [5.41, 5.74) is 1.41. The number of benzene rings is 2. The zero-order valence-electron chi connectivity index (χ0n) is 16.7. The molecule has 1 aliphatic rings. The molecule has 0 saturated heterocycles. The number of ether oxygens (including phenoxy) is 2. The number of hydrogen-bond acceptors (Lipinski definition) is 6. The van der Waals surface area contributed by atoms with E-state index in [-0.39, 0.29) is 24.5 Å². The number of carbonyl (C=O) groups is 2. The molecule has 0 radical (unpaired) electrons. The van der Waals surface area contributed by atoms with E-state index < -0.39 is 29.7 Å². The standard InChI is InChI=1S/C22H18F2N4O4/c23-17-5-4-13(10-18(17)24)27-21(29)16-3-1-2-15-19(6-9-31-20(15)16)28-22(30)32-12-14-11-25-7-8-26-14/h1-5,7-8,10-11,19H,6,9,12H2,(H,27,29)(H,28,30)/t19-/m0/s1. The first-order valence-corrected chi connectivity index (χ1v) is 9.71. The quantitative estimate of drug-likeness (QED) is 0.626. The van der Waals surface area contributed by atoms with Gasteiger partial charge in [-0.15, -0.1) is 0 Å². The molecule has 1 aromatic heterocycles. The van der Waals surface area contributed by atoms with Gasteiger partial charge in [-0.1, -0.05) is 12.1 Å². The third kappa shape index (κ3) is 4.80. The van der Waals surface area contributed by atoms with E-state index in [0.717, 1.165) is 12.1 Å². The van der Waals surface area contributed by atoms with Gasteiger partial charge in [-0.05, 0) is 18.2 Å². The summed E-state index contributed by atoms with van der Waals surface area (Å²) in [5.74, 6) is -2.33. The maximum absolute atomic E-state index is 13.4. The molecular formula is C22H18F2N4O4. The highest BCUT2D eigenvalue weighted by atomic mass is 19.2. The van der Waals surface area contributed by atoms with Gasteiger partial charge in [-0.3, -0.25) is 14.8 Å². The smallest absolute Gasteiger partial charge is 0.408 e. The van der Waals surface area contributed by atoms with Crippen LogP contribution < -0.4 is 15.4 Å². The first-order valence-electron chi connectivity index (χ1n) is 9.71. The number of nitrogens with one attached hydrogen (secondary N) is 2. The molecule has 1 aliphatic heterocycles. The van der Waals surface area contributed by atoms with E-state index in [1.165, 1.54) is 24.7 Å². The number of anilines is 1. The average molecular weight is 440 g/mol. The van der Waals surface area contributed by atoms with Crippen LogP contribution in [-0.4, -0.2) is 28.6 Å². The van der Waals surface area contributed by atoms with Gasteiger partial charge in [0.15, 0.2) is 11.6 Å². The number of rotatable bonds is 5. The highest BCUT2D eigenvalue weighted by molar-refractivity contribution is 6.06. The van der Waals surface area contributed by atoms with Gasteiger partial charge in [0.1, 0.15) is 12.4 Å². The molecule has 4 rings (SSSR count). The van der Waals surface area contributed by atoms with Crippen LogP contribution in [0.15, 0.2) is 55.0 Å². The first-order chi connectivity index (χ1) is 15.5. The van der Waals surface area contributed by atoms with Crippen molar-refractivity contribution < 1.29 is 27.8 Å². The monoisotopic (exact) mass is 440 g/mol. The Morgan fingerprint density at radius 1 is 1.16 bits per heavy atom. The van der Waals surface area contributed by atoms with Gasteiger partial charge in [-0.25, -0.2) is 13.6 Å².